The van der Waals surface area contributed by atoms with E-state index in [2.05, 4.69) is 9.97 Å². The molecule has 0 N–H and O–H groups in total. The van der Waals surface area contributed by atoms with Gasteiger partial charge in [0, 0.05) is 10.8 Å². The van der Waals surface area contributed by atoms with E-state index < -0.39 is 0 Å². The molecule has 1 aliphatic carbocycles. The van der Waals surface area contributed by atoms with E-state index in [-0.39, 0.29) is 0 Å². The summed E-state index contributed by atoms with van der Waals surface area (Å²) in [6.45, 7) is 2.01. The molecule has 1 aliphatic rings. The van der Waals surface area contributed by atoms with Crippen LogP contribution in [0.2, 0.25) is 10.3 Å². The second-order valence-corrected chi connectivity index (χ2v) is 6.63. The average Bonchev–Trinajstić information content (AvgIpc) is 2.37. The Morgan fingerprint density at radius 2 is 1.72 bits per heavy atom. The molecule has 1 aromatic rings. The summed E-state index contributed by atoms with van der Waals surface area (Å²) in [6, 6.07) is 0. The van der Waals surface area contributed by atoms with Crippen LogP contribution in [0.5, 0.6) is 0 Å². The van der Waals surface area contributed by atoms with E-state index >= 15 is 0 Å². The first-order chi connectivity index (χ1) is 8.70. The molecule has 0 aromatic carbocycles. The van der Waals surface area contributed by atoms with Crippen molar-refractivity contribution in [3.05, 3.63) is 21.7 Å². The van der Waals surface area contributed by atoms with Gasteiger partial charge >= 0.3 is 0 Å². The van der Waals surface area contributed by atoms with Gasteiger partial charge in [0.05, 0.1) is 5.75 Å². The van der Waals surface area contributed by atoms with Crippen LogP contribution in [0.4, 0.5) is 0 Å². The molecule has 0 amide bonds. The molecule has 100 valence electrons. The van der Waals surface area contributed by atoms with Crippen molar-refractivity contribution >= 4 is 35.0 Å². The van der Waals surface area contributed by atoms with E-state index in [1.165, 1.54) is 32.1 Å². The summed E-state index contributed by atoms with van der Waals surface area (Å²) in [5.74, 6) is 1.58. The van der Waals surface area contributed by atoms with Crippen molar-refractivity contribution in [2.75, 3.05) is 0 Å². The Kier molecular flexibility index (Phi) is 5.58. The third kappa shape index (κ3) is 3.75. The largest absolute Gasteiger partial charge is 0.220 e. The summed E-state index contributed by atoms with van der Waals surface area (Å²) in [4.78, 5) is 8.68. The lowest BCUT2D eigenvalue weighted by molar-refractivity contribution is 0.516. The van der Waals surface area contributed by atoms with Crippen LogP contribution in [-0.4, -0.2) is 15.2 Å². The molecule has 1 heterocycles. The van der Waals surface area contributed by atoms with Crippen LogP contribution in [0, 0.1) is 0 Å². The summed E-state index contributed by atoms with van der Waals surface area (Å²) >= 11 is 14.2. The van der Waals surface area contributed by atoms with Crippen LogP contribution >= 0.6 is 35.0 Å². The Bertz CT molecular complexity index is 383. The fourth-order valence-corrected chi connectivity index (χ4v) is 4.12. The molecule has 18 heavy (non-hydrogen) atoms. The molecule has 1 aromatic heterocycles. The van der Waals surface area contributed by atoms with Gasteiger partial charge in [-0.25, -0.2) is 9.97 Å². The van der Waals surface area contributed by atoms with Crippen LogP contribution in [0.25, 0.3) is 0 Å². The highest BCUT2D eigenvalue weighted by Crippen LogP contribution is 2.30. The molecule has 0 atom stereocenters. The van der Waals surface area contributed by atoms with Crippen LogP contribution in [0.1, 0.15) is 50.4 Å². The third-order valence-corrected chi connectivity index (χ3v) is 5.30. The summed E-state index contributed by atoms with van der Waals surface area (Å²) in [5.41, 5.74) is 0.852. The Morgan fingerprint density at radius 1 is 1.11 bits per heavy atom. The molecule has 0 spiro atoms. The lowest BCUT2D eigenvalue weighted by Crippen LogP contribution is -2.09. The lowest BCUT2D eigenvalue weighted by Gasteiger charge is -2.20. The Labute approximate surface area is 123 Å². The van der Waals surface area contributed by atoms with Crippen LogP contribution < -0.4 is 0 Å². The summed E-state index contributed by atoms with van der Waals surface area (Å²) in [5, 5.41) is 1.78. The molecule has 1 fully saturated rings. The summed E-state index contributed by atoms with van der Waals surface area (Å²) < 4.78 is 0. The van der Waals surface area contributed by atoms with E-state index in [0.717, 1.165) is 28.8 Å². The predicted octanol–water partition coefficient (Wildman–Crippen LogP) is 4.91. The second-order valence-electron chi connectivity index (χ2n) is 4.62. The van der Waals surface area contributed by atoms with Gasteiger partial charge in [-0.2, -0.15) is 11.8 Å². The quantitative estimate of drug-likeness (QED) is 0.739. The standard InChI is InChI=1S/C13H18Cl2N2S/c1-2-10-12(14)16-11(17-13(10)15)8-18-9-6-4-3-5-7-9/h9H,2-8H2,1H3. The molecule has 2 nitrogen and oxygen atoms in total. The van der Waals surface area contributed by atoms with Crippen LogP contribution in [-0.2, 0) is 12.2 Å². The third-order valence-electron chi connectivity index (χ3n) is 3.31. The maximum Gasteiger partial charge on any atom is 0.141 e. The zero-order valence-electron chi connectivity index (χ0n) is 10.6. The Balaban J connectivity index is 1.96. The monoisotopic (exact) mass is 304 g/mol. The number of aromatic nitrogens is 2. The number of halogens is 2. The molecule has 0 bridgehead atoms. The fraction of sp³-hybridized carbons (Fsp3) is 0.692. The maximum atomic E-state index is 6.11. The van der Waals surface area contributed by atoms with Gasteiger partial charge in [0.25, 0.3) is 0 Å². The van der Waals surface area contributed by atoms with Gasteiger partial charge in [-0.15, -0.1) is 0 Å². The highest BCUT2D eigenvalue weighted by atomic mass is 35.5. The minimum atomic E-state index is 0.511. The molecular weight excluding hydrogens is 287 g/mol. The van der Waals surface area contributed by atoms with Crippen LogP contribution in [0.3, 0.4) is 0 Å². The molecule has 0 saturated heterocycles. The SMILES string of the molecule is CCc1c(Cl)nc(CSC2CCCCC2)nc1Cl. The molecule has 0 radical (unpaired) electrons. The topological polar surface area (TPSA) is 25.8 Å². The van der Waals surface area contributed by atoms with E-state index in [1.54, 1.807) is 0 Å². The number of hydrogen-bond donors (Lipinski definition) is 0. The first-order valence-corrected chi connectivity index (χ1v) is 8.33. The van der Waals surface area contributed by atoms with Crippen molar-refractivity contribution in [2.24, 2.45) is 0 Å². The number of rotatable bonds is 4. The minimum Gasteiger partial charge on any atom is -0.220 e. The van der Waals surface area contributed by atoms with Crippen LogP contribution in [0.15, 0.2) is 0 Å². The van der Waals surface area contributed by atoms with Crippen molar-refractivity contribution in [1.82, 2.24) is 9.97 Å². The molecule has 5 heteroatoms. The normalized spacial score (nSPS) is 17.1. The van der Waals surface area contributed by atoms with Crippen molar-refractivity contribution in [3.8, 4) is 0 Å². The number of hydrogen-bond acceptors (Lipinski definition) is 3. The minimum absolute atomic E-state index is 0.511. The maximum absolute atomic E-state index is 6.11. The summed E-state index contributed by atoms with van der Waals surface area (Å²) in [7, 11) is 0. The van der Waals surface area contributed by atoms with Crippen molar-refractivity contribution in [2.45, 2.75) is 56.5 Å². The van der Waals surface area contributed by atoms with Gasteiger partial charge in [0.1, 0.15) is 16.1 Å². The van der Waals surface area contributed by atoms with Crippen molar-refractivity contribution in [3.63, 3.8) is 0 Å². The first-order valence-electron chi connectivity index (χ1n) is 6.53. The predicted molar refractivity (Wildman–Crippen MR) is 79.6 cm³/mol. The lowest BCUT2D eigenvalue weighted by atomic mass is 10.0. The van der Waals surface area contributed by atoms with E-state index in [0.29, 0.717) is 10.3 Å². The zero-order chi connectivity index (χ0) is 13.0. The highest BCUT2D eigenvalue weighted by molar-refractivity contribution is 7.99. The van der Waals surface area contributed by atoms with E-state index in [4.69, 9.17) is 23.2 Å². The van der Waals surface area contributed by atoms with Crippen molar-refractivity contribution in [1.29, 1.82) is 0 Å². The molecule has 0 aliphatic heterocycles. The molecule has 2 rings (SSSR count). The number of nitrogens with zero attached hydrogens (tertiary/aromatic N) is 2. The highest BCUT2D eigenvalue weighted by Gasteiger charge is 2.15. The van der Waals surface area contributed by atoms with Gasteiger partial charge in [0.2, 0.25) is 0 Å². The van der Waals surface area contributed by atoms with Gasteiger partial charge in [-0.1, -0.05) is 49.4 Å². The Morgan fingerprint density at radius 3 is 2.28 bits per heavy atom. The smallest absolute Gasteiger partial charge is 0.141 e. The molecule has 1 saturated carbocycles. The molecule has 0 unspecified atom stereocenters. The second kappa shape index (κ2) is 6.97. The first kappa shape index (κ1) is 14.4. The van der Waals surface area contributed by atoms with Crippen molar-refractivity contribution < 1.29 is 0 Å². The van der Waals surface area contributed by atoms with Gasteiger partial charge in [-0.05, 0) is 19.3 Å². The van der Waals surface area contributed by atoms with Gasteiger partial charge in [-0.3, -0.25) is 0 Å². The number of thioether (sulfide) groups is 1. The summed E-state index contributed by atoms with van der Waals surface area (Å²) in [6.07, 6.45) is 7.51. The average molecular weight is 305 g/mol. The zero-order valence-corrected chi connectivity index (χ0v) is 12.9. The van der Waals surface area contributed by atoms with E-state index in [1.807, 2.05) is 18.7 Å². The Hall–Kier alpha value is 0.01000. The fourth-order valence-electron chi connectivity index (χ4n) is 2.25. The van der Waals surface area contributed by atoms with E-state index in [9.17, 15) is 0 Å². The van der Waals surface area contributed by atoms with Gasteiger partial charge in [0.15, 0.2) is 0 Å². The molecular formula is C13H18Cl2N2S. The van der Waals surface area contributed by atoms with Gasteiger partial charge < -0.3 is 0 Å².